The van der Waals surface area contributed by atoms with Crippen LogP contribution in [0.25, 0.3) is 11.4 Å². The van der Waals surface area contributed by atoms with Crippen LogP contribution in [0.15, 0.2) is 29.2 Å². The van der Waals surface area contributed by atoms with E-state index < -0.39 is 23.1 Å². The van der Waals surface area contributed by atoms with Gasteiger partial charge in [-0.3, -0.25) is 0 Å². The Labute approximate surface area is 184 Å². The van der Waals surface area contributed by atoms with Gasteiger partial charge in [-0.15, -0.1) is 14.5 Å². The predicted molar refractivity (Wildman–Crippen MR) is 112 cm³/mol. The molecule has 1 aliphatic rings. The van der Waals surface area contributed by atoms with Crippen molar-refractivity contribution in [3.63, 3.8) is 0 Å². The van der Waals surface area contributed by atoms with Crippen molar-refractivity contribution >= 4 is 17.5 Å². The number of nitrogens with zero attached hydrogens (tertiary/aromatic N) is 6. The Morgan fingerprint density at radius 3 is 2.74 bits per heavy atom. The van der Waals surface area contributed by atoms with Crippen molar-refractivity contribution < 1.29 is 18.8 Å². The number of ether oxygens (including phenoxy) is 2. The molecule has 31 heavy (non-hydrogen) atoms. The normalized spacial score (nSPS) is 17.6. The summed E-state index contributed by atoms with van der Waals surface area (Å²) in [5.41, 5.74) is -0.0698. The van der Waals surface area contributed by atoms with Crippen LogP contribution < -0.4 is 0 Å². The SMILES string of the molecule is CC(C)(C)OC(=O)N(CC#N)[S+]([O-])c1ccc(-c2nnn(CC3CCCCO3)n2)cc1. The highest BCUT2D eigenvalue weighted by Gasteiger charge is 2.32. The summed E-state index contributed by atoms with van der Waals surface area (Å²) < 4.78 is 24.7. The second kappa shape index (κ2) is 10.1. The van der Waals surface area contributed by atoms with E-state index in [0.717, 1.165) is 30.2 Å². The molecule has 2 aromatic rings. The Morgan fingerprint density at radius 2 is 2.13 bits per heavy atom. The topological polar surface area (TPSA) is 129 Å². The zero-order valence-electron chi connectivity index (χ0n) is 17.9. The number of nitriles is 1. The number of tetrazole rings is 1. The summed E-state index contributed by atoms with van der Waals surface area (Å²) >= 11 is -1.89. The number of hydrogen-bond donors (Lipinski definition) is 0. The van der Waals surface area contributed by atoms with E-state index in [9.17, 15) is 9.35 Å². The Hall–Kier alpha value is -2.68. The van der Waals surface area contributed by atoms with E-state index in [1.54, 1.807) is 45.0 Å². The fraction of sp³-hybridized carbons (Fsp3) is 0.550. The highest BCUT2D eigenvalue weighted by atomic mass is 32.2. The third kappa shape index (κ3) is 6.40. The van der Waals surface area contributed by atoms with Gasteiger partial charge in [0.05, 0.1) is 18.7 Å². The van der Waals surface area contributed by atoms with Gasteiger partial charge in [0.1, 0.15) is 17.0 Å². The van der Waals surface area contributed by atoms with E-state index in [-0.39, 0.29) is 12.6 Å². The third-order valence-corrected chi connectivity index (χ3v) is 5.77. The number of aromatic nitrogens is 4. The van der Waals surface area contributed by atoms with Crippen LogP contribution in [0.5, 0.6) is 0 Å². The number of hydrogen-bond acceptors (Lipinski definition) is 8. The van der Waals surface area contributed by atoms with Gasteiger partial charge in [-0.05, 0) is 69.5 Å². The van der Waals surface area contributed by atoms with Crippen molar-refractivity contribution in [2.45, 2.75) is 63.2 Å². The summed E-state index contributed by atoms with van der Waals surface area (Å²) in [6.07, 6.45) is 2.48. The fourth-order valence-electron chi connectivity index (χ4n) is 2.99. The molecule has 2 unspecified atom stereocenters. The first kappa shape index (κ1) is 23.0. The van der Waals surface area contributed by atoms with Gasteiger partial charge in [0.2, 0.25) is 5.82 Å². The minimum atomic E-state index is -1.89. The summed E-state index contributed by atoms with van der Waals surface area (Å²) in [6, 6.07) is 8.45. The molecule has 11 heteroatoms. The lowest BCUT2D eigenvalue weighted by Crippen LogP contribution is -2.41. The van der Waals surface area contributed by atoms with Crippen LogP contribution in [0.3, 0.4) is 0 Å². The van der Waals surface area contributed by atoms with E-state index in [1.165, 1.54) is 4.80 Å². The van der Waals surface area contributed by atoms with Crippen molar-refractivity contribution in [2.24, 2.45) is 0 Å². The second-order valence-corrected chi connectivity index (χ2v) is 9.52. The summed E-state index contributed by atoms with van der Waals surface area (Å²) in [6.45, 7) is 6.06. The molecule has 166 valence electrons. The number of carbonyl (C=O) groups excluding carboxylic acids is 1. The number of amides is 1. The molecule has 0 radical (unpaired) electrons. The molecule has 1 aromatic carbocycles. The monoisotopic (exact) mass is 446 g/mol. The number of benzene rings is 1. The molecule has 0 saturated carbocycles. The van der Waals surface area contributed by atoms with Crippen molar-refractivity contribution in [1.82, 2.24) is 24.5 Å². The molecule has 1 aromatic heterocycles. The molecule has 2 atom stereocenters. The highest BCUT2D eigenvalue weighted by molar-refractivity contribution is 7.89. The van der Waals surface area contributed by atoms with E-state index in [1.807, 2.05) is 6.07 Å². The van der Waals surface area contributed by atoms with E-state index >= 15 is 0 Å². The Kier molecular flexibility index (Phi) is 7.48. The van der Waals surface area contributed by atoms with Crippen molar-refractivity contribution in [1.29, 1.82) is 5.26 Å². The Bertz CT molecular complexity index is 915. The van der Waals surface area contributed by atoms with Gasteiger partial charge in [0.25, 0.3) is 0 Å². The van der Waals surface area contributed by atoms with Crippen molar-refractivity contribution in [3.8, 4) is 17.5 Å². The lowest BCUT2D eigenvalue weighted by molar-refractivity contribution is 0.00133. The number of carbonyl (C=O) groups is 1. The van der Waals surface area contributed by atoms with Gasteiger partial charge in [0, 0.05) is 12.2 Å². The maximum atomic E-state index is 12.9. The van der Waals surface area contributed by atoms with E-state index in [2.05, 4.69) is 15.4 Å². The van der Waals surface area contributed by atoms with Crippen LogP contribution in [0.4, 0.5) is 4.79 Å². The lowest BCUT2D eigenvalue weighted by atomic mass is 10.1. The summed E-state index contributed by atoms with van der Waals surface area (Å²) in [7, 11) is 0. The quantitative estimate of drug-likeness (QED) is 0.489. The standard InChI is InChI=1S/C20H26N6O4S/c1-20(2,3)30-19(27)25(12-11-21)31(28)17-9-7-15(8-10-17)18-22-24-26(23-18)14-16-6-4-5-13-29-16/h7-10,16H,4-6,12-14H2,1-3H3. The second-order valence-electron chi connectivity index (χ2n) is 8.11. The van der Waals surface area contributed by atoms with Gasteiger partial charge in [-0.25, -0.2) is 4.79 Å². The molecular weight excluding hydrogens is 420 g/mol. The third-order valence-electron chi connectivity index (χ3n) is 4.42. The van der Waals surface area contributed by atoms with Crippen LogP contribution in [-0.4, -0.2) is 60.0 Å². The largest absolute Gasteiger partial charge is 0.588 e. The number of rotatable bonds is 6. The minimum Gasteiger partial charge on any atom is -0.588 e. The zero-order valence-corrected chi connectivity index (χ0v) is 18.7. The first-order valence-corrected chi connectivity index (χ1v) is 11.2. The Morgan fingerprint density at radius 1 is 1.39 bits per heavy atom. The maximum absolute atomic E-state index is 12.9. The summed E-state index contributed by atoms with van der Waals surface area (Å²) in [5, 5.41) is 21.6. The van der Waals surface area contributed by atoms with E-state index in [4.69, 9.17) is 14.7 Å². The molecule has 0 bridgehead atoms. The molecule has 1 aliphatic heterocycles. The summed E-state index contributed by atoms with van der Waals surface area (Å²) in [5.74, 6) is 0.439. The summed E-state index contributed by atoms with van der Waals surface area (Å²) in [4.78, 5) is 14.2. The molecule has 0 N–H and O–H groups in total. The molecular formula is C20H26N6O4S. The predicted octanol–water partition coefficient (Wildman–Crippen LogP) is 2.69. The first-order valence-electron chi connectivity index (χ1n) is 10.1. The molecule has 2 heterocycles. The van der Waals surface area contributed by atoms with Crippen LogP contribution in [0, 0.1) is 11.3 Å². The highest BCUT2D eigenvalue weighted by Crippen LogP contribution is 2.22. The van der Waals surface area contributed by atoms with Gasteiger partial charge < -0.3 is 14.0 Å². The molecule has 1 saturated heterocycles. The molecule has 1 amide bonds. The fourth-order valence-corrected chi connectivity index (χ4v) is 3.96. The molecule has 1 fully saturated rings. The maximum Gasteiger partial charge on any atom is 0.453 e. The molecule has 3 rings (SSSR count). The van der Waals surface area contributed by atoms with Crippen LogP contribution in [-0.2, 0) is 27.4 Å². The zero-order chi connectivity index (χ0) is 22.4. The smallest absolute Gasteiger partial charge is 0.453 e. The average Bonchev–Trinajstić information content (AvgIpc) is 3.19. The molecule has 10 nitrogen and oxygen atoms in total. The molecule has 0 aliphatic carbocycles. The average molecular weight is 447 g/mol. The van der Waals surface area contributed by atoms with Crippen LogP contribution in [0.1, 0.15) is 40.0 Å². The first-order chi connectivity index (χ1) is 14.8. The van der Waals surface area contributed by atoms with Crippen LogP contribution in [0.2, 0.25) is 0 Å². The van der Waals surface area contributed by atoms with Crippen LogP contribution >= 0.6 is 0 Å². The van der Waals surface area contributed by atoms with Gasteiger partial charge >= 0.3 is 6.09 Å². The van der Waals surface area contributed by atoms with Crippen molar-refractivity contribution in [3.05, 3.63) is 24.3 Å². The lowest BCUT2D eigenvalue weighted by Gasteiger charge is -2.25. The van der Waals surface area contributed by atoms with Crippen molar-refractivity contribution in [2.75, 3.05) is 13.2 Å². The molecule has 0 spiro atoms. The van der Waals surface area contributed by atoms with Gasteiger partial charge in [0.15, 0.2) is 11.4 Å². The van der Waals surface area contributed by atoms with E-state index in [0.29, 0.717) is 22.8 Å². The van der Waals surface area contributed by atoms with Gasteiger partial charge in [-0.2, -0.15) is 10.1 Å². The minimum absolute atomic E-state index is 0.0968. The van der Waals surface area contributed by atoms with Gasteiger partial charge in [-0.1, -0.05) is 0 Å². The Balaban J connectivity index is 1.68.